The Morgan fingerprint density at radius 3 is 2.33 bits per heavy atom. The van der Waals surface area contributed by atoms with Gasteiger partial charge in [0.1, 0.15) is 11.5 Å². The first kappa shape index (κ1) is 24.3. The van der Waals surface area contributed by atoms with Crippen LogP contribution in [0.15, 0.2) is 47.1 Å². The topological polar surface area (TPSA) is 38.7 Å². The summed E-state index contributed by atoms with van der Waals surface area (Å²) in [6.07, 6.45) is 14.0. The van der Waals surface area contributed by atoms with Crippen LogP contribution in [0.25, 0.3) is 0 Å². The SMILES string of the molecule is CC(C)=CCCC(C)=CCCC(C)=CCCO[C@@]1(C)CCc2cc(O)cc(C)c2O1. The maximum atomic E-state index is 9.78. The molecule has 0 unspecified atom stereocenters. The monoisotopic (exact) mass is 412 g/mol. The minimum absolute atomic E-state index is 0.304. The molecule has 0 saturated heterocycles. The molecular weight excluding hydrogens is 372 g/mol. The maximum Gasteiger partial charge on any atom is 0.208 e. The van der Waals surface area contributed by atoms with Crippen LogP contribution in [0, 0.1) is 6.92 Å². The molecule has 0 fully saturated rings. The quantitative estimate of drug-likeness (QED) is 0.318. The van der Waals surface area contributed by atoms with E-state index in [9.17, 15) is 5.11 Å². The average Bonchev–Trinajstić information content (AvgIpc) is 2.66. The van der Waals surface area contributed by atoms with E-state index in [4.69, 9.17) is 9.47 Å². The van der Waals surface area contributed by atoms with Crippen molar-refractivity contribution in [3.05, 3.63) is 58.2 Å². The highest BCUT2D eigenvalue weighted by molar-refractivity contribution is 5.47. The molecule has 0 aromatic heterocycles. The van der Waals surface area contributed by atoms with E-state index in [1.54, 1.807) is 12.1 Å². The number of hydrogen-bond donors (Lipinski definition) is 1. The summed E-state index contributed by atoms with van der Waals surface area (Å²) in [4.78, 5) is 0. The number of benzene rings is 1. The largest absolute Gasteiger partial charge is 0.508 e. The third-order valence-corrected chi connectivity index (χ3v) is 5.64. The minimum atomic E-state index is -0.596. The number of ether oxygens (including phenoxy) is 2. The Balaban J connectivity index is 1.73. The Kier molecular flexibility index (Phi) is 9.23. The number of rotatable bonds is 10. The summed E-state index contributed by atoms with van der Waals surface area (Å²) in [5.74, 6) is 0.569. The summed E-state index contributed by atoms with van der Waals surface area (Å²) in [6.45, 7) is 13.4. The Morgan fingerprint density at radius 1 is 1.03 bits per heavy atom. The lowest BCUT2D eigenvalue weighted by molar-refractivity contribution is -0.179. The zero-order valence-corrected chi connectivity index (χ0v) is 19.8. The van der Waals surface area contributed by atoms with Gasteiger partial charge >= 0.3 is 0 Å². The molecule has 0 radical (unpaired) electrons. The van der Waals surface area contributed by atoms with E-state index in [0.29, 0.717) is 12.4 Å². The Hall–Kier alpha value is -2.00. The highest BCUT2D eigenvalue weighted by Crippen LogP contribution is 2.38. The molecule has 3 nitrogen and oxygen atoms in total. The highest BCUT2D eigenvalue weighted by Gasteiger charge is 2.33. The van der Waals surface area contributed by atoms with Crippen molar-refractivity contribution in [3.8, 4) is 11.5 Å². The van der Waals surface area contributed by atoms with Crippen molar-refractivity contribution in [2.75, 3.05) is 6.61 Å². The molecule has 1 N–H and O–H groups in total. The van der Waals surface area contributed by atoms with Crippen molar-refractivity contribution in [1.29, 1.82) is 0 Å². The highest BCUT2D eigenvalue weighted by atomic mass is 16.7. The van der Waals surface area contributed by atoms with Gasteiger partial charge in [-0.2, -0.15) is 0 Å². The van der Waals surface area contributed by atoms with Gasteiger partial charge in [0.2, 0.25) is 5.79 Å². The Morgan fingerprint density at radius 2 is 1.67 bits per heavy atom. The number of allylic oxidation sites excluding steroid dienone is 5. The fourth-order valence-electron chi connectivity index (χ4n) is 3.81. The van der Waals surface area contributed by atoms with Crippen LogP contribution in [0.1, 0.15) is 84.3 Å². The first-order valence-electron chi connectivity index (χ1n) is 11.3. The maximum absolute atomic E-state index is 9.78. The Bertz CT molecular complexity index is 797. The lowest BCUT2D eigenvalue weighted by Crippen LogP contribution is -2.39. The number of fused-ring (bicyclic) bond motifs is 1. The molecule has 0 aliphatic carbocycles. The van der Waals surface area contributed by atoms with E-state index >= 15 is 0 Å². The first-order chi connectivity index (χ1) is 14.2. The van der Waals surface area contributed by atoms with Gasteiger partial charge in [-0.3, -0.25) is 0 Å². The summed E-state index contributed by atoms with van der Waals surface area (Å²) < 4.78 is 12.3. The molecule has 1 aliphatic heterocycles. The van der Waals surface area contributed by atoms with Crippen molar-refractivity contribution >= 4 is 0 Å². The zero-order valence-electron chi connectivity index (χ0n) is 19.8. The predicted octanol–water partition coefficient (Wildman–Crippen LogP) is 7.57. The van der Waals surface area contributed by atoms with Crippen LogP contribution < -0.4 is 4.74 Å². The summed E-state index contributed by atoms with van der Waals surface area (Å²) in [6, 6.07) is 3.54. The van der Waals surface area contributed by atoms with Crippen molar-refractivity contribution in [1.82, 2.24) is 0 Å². The third-order valence-electron chi connectivity index (χ3n) is 5.64. The van der Waals surface area contributed by atoms with E-state index < -0.39 is 5.79 Å². The molecule has 30 heavy (non-hydrogen) atoms. The van der Waals surface area contributed by atoms with Gasteiger partial charge in [-0.05, 0) is 96.4 Å². The molecule has 1 aliphatic rings. The molecule has 1 heterocycles. The third kappa shape index (κ3) is 8.02. The molecule has 0 amide bonds. The van der Waals surface area contributed by atoms with Crippen LogP contribution >= 0.6 is 0 Å². The van der Waals surface area contributed by atoms with Crippen LogP contribution in [-0.2, 0) is 11.2 Å². The van der Waals surface area contributed by atoms with E-state index in [2.05, 4.69) is 45.9 Å². The van der Waals surface area contributed by atoms with Gasteiger partial charge in [-0.1, -0.05) is 34.9 Å². The zero-order chi connectivity index (χ0) is 22.1. The lowest BCUT2D eigenvalue weighted by Gasteiger charge is -2.36. The van der Waals surface area contributed by atoms with Gasteiger partial charge in [0.15, 0.2) is 0 Å². The van der Waals surface area contributed by atoms with E-state index in [-0.39, 0.29) is 0 Å². The van der Waals surface area contributed by atoms with Gasteiger partial charge in [-0.15, -0.1) is 0 Å². The van der Waals surface area contributed by atoms with Crippen LogP contribution in [0.2, 0.25) is 0 Å². The molecule has 3 heteroatoms. The number of hydrogen-bond acceptors (Lipinski definition) is 3. The van der Waals surface area contributed by atoms with Gasteiger partial charge in [-0.25, -0.2) is 0 Å². The summed E-state index contributed by atoms with van der Waals surface area (Å²) in [5, 5.41) is 9.78. The van der Waals surface area contributed by atoms with Crippen molar-refractivity contribution in [2.45, 2.75) is 92.3 Å². The van der Waals surface area contributed by atoms with Crippen LogP contribution in [-0.4, -0.2) is 17.5 Å². The molecule has 1 aromatic carbocycles. The average molecular weight is 413 g/mol. The van der Waals surface area contributed by atoms with Gasteiger partial charge in [0.05, 0.1) is 6.61 Å². The van der Waals surface area contributed by atoms with E-state index in [1.807, 2.05) is 13.8 Å². The number of phenols is 1. The lowest BCUT2D eigenvalue weighted by atomic mass is 9.98. The smallest absolute Gasteiger partial charge is 0.208 e. The van der Waals surface area contributed by atoms with Crippen molar-refractivity contribution < 1.29 is 14.6 Å². The van der Waals surface area contributed by atoms with Crippen molar-refractivity contribution in [2.24, 2.45) is 0 Å². The molecule has 166 valence electrons. The molecular formula is C27H40O3. The second kappa shape index (κ2) is 11.4. The standard InChI is InChI=1S/C27H40O3/c1-20(2)10-7-11-21(3)12-8-13-22(4)14-9-17-29-27(6)16-15-24-19-25(28)18-23(5)26(24)30-27/h10,12,14,18-19,28H,7-9,11,13,15-17H2,1-6H3/t27-/m1/s1. The Labute approximate surface area is 183 Å². The van der Waals surface area contributed by atoms with E-state index in [1.165, 1.54) is 16.7 Å². The van der Waals surface area contributed by atoms with Crippen molar-refractivity contribution in [3.63, 3.8) is 0 Å². The van der Waals surface area contributed by atoms with E-state index in [0.717, 1.165) is 61.8 Å². The summed E-state index contributed by atoms with van der Waals surface area (Å²) in [5.41, 5.74) is 6.32. The fraction of sp³-hybridized carbons (Fsp3) is 0.556. The summed E-state index contributed by atoms with van der Waals surface area (Å²) >= 11 is 0. The molecule has 1 aromatic rings. The fourth-order valence-corrected chi connectivity index (χ4v) is 3.81. The normalized spacial score (nSPS) is 19.3. The molecule has 0 bridgehead atoms. The van der Waals surface area contributed by atoms with Crippen LogP contribution in [0.4, 0.5) is 0 Å². The molecule has 2 rings (SSSR count). The minimum Gasteiger partial charge on any atom is -0.508 e. The van der Waals surface area contributed by atoms with Gasteiger partial charge in [0.25, 0.3) is 0 Å². The number of aryl methyl sites for hydroxylation is 2. The van der Waals surface area contributed by atoms with Gasteiger partial charge in [0, 0.05) is 13.3 Å². The predicted molar refractivity (Wildman–Crippen MR) is 126 cm³/mol. The van der Waals surface area contributed by atoms with Crippen LogP contribution in [0.3, 0.4) is 0 Å². The molecule has 1 atom stereocenters. The molecule has 0 spiro atoms. The second-order valence-corrected chi connectivity index (χ2v) is 9.08. The second-order valence-electron chi connectivity index (χ2n) is 9.08. The first-order valence-corrected chi connectivity index (χ1v) is 11.3. The molecule has 0 saturated carbocycles. The number of aromatic hydroxyl groups is 1. The number of phenolic OH excluding ortho intramolecular Hbond substituents is 1. The summed E-state index contributed by atoms with van der Waals surface area (Å²) in [7, 11) is 0. The van der Waals surface area contributed by atoms with Crippen LogP contribution in [0.5, 0.6) is 11.5 Å². The van der Waals surface area contributed by atoms with Gasteiger partial charge < -0.3 is 14.6 Å².